The van der Waals surface area contributed by atoms with E-state index in [2.05, 4.69) is 0 Å². The minimum Gasteiger partial charge on any atom is -0.548 e. The zero-order valence-electron chi connectivity index (χ0n) is 10.7. The lowest BCUT2D eigenvalue weighted by atomic mass is 10.0. The van der Waals surface area contributed by atoms with E-state index in [1.807, 2.05) is 0 Å². The molecule has 0 fully saturated rings. The van der Waals surface area contributed by atoms with E-state index < -0.39 is 23.7 Å². The quantitative estimate of drug-likeness (QED) is 0.713. The molecule has 5 nitrogen and oxygen atoms in total. The summed E-state index contributed by atoms with van der Waals surface area (Å²) in [5.41, 5.74) is -0.640. The molecule has 0 aliphatic heterocycles. The van der Waals surface area contributed by atoms with Crippen molar-refractivity contribution in [3.05, 3.63) is 0 Å². The molecule has 0 heterocycles. The van der Waals surface area contributed by atoms with Crippen molar-refractivity contribution in [1.29, 1.82) is 0 Å². The topological polar surface area (TPSA) is 69.7 Å². The predicted octanol–water partition coefficient (Wildman–Crippen LogP) is 0.628. The summed E-state index contributed by atoms with van der Waals surface area (Å²) in [6.07, 6.45) is -0.657. The van der Waals surface area contributed by atoms with Gasteiger partial charge in [0.15, 0.2) is 0 Å². The molecule has 0 radical (unpaired) electrons. The van der Waals surface area contributed by atoms with Crippen molar-refractivity contribution >= 4 is 12.1 Å². The smallest absolute Gasteiger partial charge is 0.410 e. The van der Waals surface area contributed by atoms with Crippen LogP contribution < -0.4 is 5.11 Å². The summed E-state index contributed by atoms with van der Waals surface area (Å²) in [5, 5.41) is 10.9. The van der Waals surface area contributed by atoms with Crippen molar-refractivity contribution in [3.63, 3.8) is 0 Å². The number of rotatable bonds is 3. The molecule has 1 atom stereocenters. The Morgan fingerprint density at radius 1 is 1.25 bits per heavy atom. The molecule has 0 aromatic heterocycles. The monoisotopic (exact) mass is 230 g/mol. The Hall–Kier alpha value is -1.26. The van der Waals surface area contributed by atoms with Crippen LogP contribution in [0.5, 0.6) is 0 Å². The second kappa shape index (κ2) is 5.18. The molecule has 5 heteroatoms. The third kappa shape index (κ3) is 4.51. The van der Waals surface area contributed by atoms with Gasteiger partial charge in [0.05, 0.1) is 12.0 Å². The van der Waals surface area contributed by atoms with Gasteiger partial charge in [-0.25, -0.2) is 4.79 Å². The van der Waals surface area contributed by atoms with Gasteiger partial charge < -0.3 is 19.5 Å². The second-order valence-electron chi connectivity index (χ2n) is 5.10. The molecule has 0 bridgehead atoms. The largest absolute Gasteiger partial charge is 0.548 e. The Morgan fingerprint density at radius 2 is 1.69 bits per heavy atom. The summed E-state index contributed by atoms with van der Waals surface area (Å²) in [5.74, 6) is -1.51. The fourth-order valence-electron chi connectivity index (χ4n) is 1.32. The Kier molecular flexibility index (Phi) is 4.78. The van der Waals surface area contributed by atoms with E-state index in [1.54, 1.807) is 34.6 Å². The van der Waals surface area contributed by atoms with E-state index in [0.717, 1.165) is 4.90 Å². The lowest BCUT2D eigenvalue weighted by Crippen LogP contribution is -2.52. The molecule has 0 aromatic carbocycles. The van der Waals surface area contributed by atoms with E-state index in [-0.39, 0.29) is 5.92 Å². The highest BCUT2D eigenvalue weighted by Crippen LogP contribution is 2.14. The van der Waals surface area contributed by atoms with Crippen LogP contribution in [0.4, 0.5) is 4.79 Å². The zero-order chi connectivity index (χ0) is 13.1. The maximum absolute atomic E-state index is 11.6. The first-order chi connectivity index (χ1) is 7.06. The Morgan fingerprint density at radius 3 is 1.94 bits per heavy atom. The fourth-order valence-corrected chi connectivity index (χ4v) is 1.32. The number of nitrogens with zero attached hydrogens (tertiary/aromatic N) is 1. The van der Waals surface area contributed by atoms with E-state index in [4.69, 9.17) is 4.74 Å². The number of carbonyl (C=O) groups excluding carboxylic acids is 2. The predicted molar refractivity (Wildman–Crippen MR) is 57.6 cm³/mol. The van der Waals surface area contributed by atoms with Gasteiger partial charge in [-0.3, -0.25) is 0 Å². The normalized spacial score (nSPS) is 13.4. The average molecular weight is 230 g/mol. The van der Waals surface area contributed by atoms with Gasteiger partial charge >= 0.3 is 6.09 Å². The summed E-state index contributed by atoms with van der Waals surface area (Å²) in [6, 6.07) is -0.977. The van der Waals surface area contributed by atoms with Crippen LogP contribution in [0.3, 0.4) is 0 Å². The molecule has 0 aliphatic carbocycles. The minimum atomic E-state index is -1.27. The number of hydrogen-bond donors (Lipinski definition) is 0. The van der Waals surface area contributed by atoms with E-state index in [0.29, 0.717) is 0 Å². The molecule has 0 saturated carbocycles. The number of carboxylic acid groups (broad SMARTS) is 1. The van der Waals surface area contributed by atoms with Gasteiger partial charge in [0.1, 0.15) is 5.60 Å². The van der Waals surface area contributed by atoms with Crippen molar-refractivity contribution in [2.45, 2.75) is 46.3 Å². The number of amides is 1. The van der Waals surface area contributed by atoms with E-state index >= 15 is 0 Å². The van der Waals surface area contributed by atoms with E-state index in [9.17, 15) is 14.7 Å². The third-order valence-electron chi connectivity index (χ3n) is 1.97. The van der Waals surface area contributed by atoms with Crippen molar-refractivity contribution in [3.8, 4) is 0 Å². The van der Waals surface area contributed by atoms with Crippen LogP contribution in [0.2, 0.25) is 0 Å². The maximum atomic E-state index is 11.6. The van der Waals surface area contributed by atoms with Crippen LogP contribution >= 0.6 is 0 Å². The summed E-state index contributed by atoms with van der Waals surface area (Å²) >= 11 is 0. The van der Waals surface area contributed by atoms with Crippen molar-refractivity contribution < 1.29 is 19.4 Å². The minimum absolute atomic E-state index is 0.234. The molecular weight excluding hydrogens is 210 g/mol. The molecule has 1 amide bonds. The zero-order valence-corrected chi connectivity index (χ0v) is 10.7. The first-order valence-electron chi connectivity index (χ1n) is 5.23. The summed E-state index contributed by atoms with van der Waals surface area (Å²) in [6.45, 7) is 8.59. The van der Waals surface area contributed by atoms with Gasteiger partial charge in [-0.05, 0) is 26.7 Å². The highest BCUT2D eigenvalue weighted by atomic mass is 16.6. The molecule has 0 unspecified atom stereocenters. The first kappa shape index (κ1) is 14.7. The number of carboxylic acids is 1. The second-order valence-corrected chi connectivity index (χ2v) is 5.10. The van der Waals surface area contributed by atoms with Crippen LogP contribution in [-0.4, -0.2) is 35.7 Å². The summed E-state index contributed by atoms with van der Waals surface area (Å²) in [4.78, 5) is 23.6. The summed E-state index contributed by atoms with van der Waals surface area (Å²) in [7, 11) is 1.40. The Labute approximate surface area is 96.4 Å². The van der Waals surface area contributed by atoms with Crippen LogP contribution in [0, 0.1) is 5.92 Å². The van der Waals surface area contributed by atoms with E-state index in [1.165, 1.54) is 7.05 Å². The molecule has 0 N–H and O–H groups in total. The number of aliphatic carboxylic acids is 1. The highest BCUT2D eigenvalue weighted by Gasteiger charge is 2.27. The van der Waals surface area contributed by atoms with Crippen LogP contribution in [0.15, 0.2) is 0 Å². The van der Waals surface area contributed by atoms with Crippen molar-refractivity contribution in [2.75, 3.05) is 7.05 Å². The van der Waals surface area contributed by atoms with Gasteiger partial charge in [-0.2, -0.15) is 0 Å². The van der Waals surface area contributed by atoms with Crippen molar-refractivity contribution in [2.24, 2.45) is 5.92 Å². The number of likely N-dealkylation sites (N-methyl/N-ethyl adjacent to an activating group) is 1. The third-order valence-corrected chi connectivity index (χ3v) is 1.97. The van der Waals surface area contributed by atoms with Gasteiger partial charge in [0, 0.05) is 7.05 Å². The molecule has 0 rings (SSSR count). The SMILES string of the molecule is CC(C)[C@H](C(=O)[O-])N(C)C(=O)OC(C)(C)C. The lowest BCUT2D eigenvalue weighted by molar-refractivity contribution is -0.312. The van der Waals surface area contributed by atoms with Crippen LogP contribution in [0.1, 0.15) is 34.6 Å². The first-order valence-corrected chi connectivity index (χ1v) is 5.23. The van der Waals surface area contributed by atoms with Gasteiger partial charge in [-0.15, -0.1) is 0 Å². The maximum Gasteiger partial charge on any atom is 0.410 e. The average Bonchev–Trinajstić information content (AvgIpc) is 1.98. The molecular formula is C11H20NO4-. The van der Waals surface area contributed by atoms with Gasteiger partial charge in [0.25, 0.3) is 0 Å². The molecule has 0 aliphatic rings. The Bertz CT molecular complexity index is 268. The molecule has 0 saturated heterocycles. The van der Waals surface area contributed by atoms with Crippen LogP contribution in [0.25, 0.3) is 0 Å². The number of hydrogen-bond acceptors (Lipinski definition) is 4. The number of carbonyl (C=O) groups is 2. The van der Waals surface area contributed by atoms with Crippen molar-refractivity contribution in [1.82, 2.24) is 4.90 Å². The van der Waals surface area contributed by atoms with Gasteiger partial charge in [-0.1, -0.05) is 13.8 Å². The standard InChI is InChI=1S/C11H21NO4/c1-7(2)8(9(13)14)12(6)10(15)16-11(3,4)5/h7-8H,1-6H3,(H,13,14)/p-1/t8-/m1/s1. The summed E-state index contributed by atoms with van der Waals surface area (Å²) < 4.78 is 5.08. The number of ether oxygens (including phenoxy) is 1. The molecule has 0 aromatic rings. The Balaban J connectivity index is 4.69. The fraction of sp³-hybridized carbons (Fsp3) is 0.818. The lowest BCUT2D eigenvalue weighted by Gasteiger charge is -2.33. The molecule has 16 heavy (non-hydrogen) atoms. The highest BCUT2D eigenvalue weighted by molar-refractivity contribution is 5.78. The molecule has 0 spiro atoms. The van der Waals surface area contributed by atoms with Crippen LogP contribution in [-0.2, 0) is 9.53 Å². The molecule has 94 valence electrons. The van der Waals surface area contributed by atoms with Gasteiger partial charge in [0.2, 0.25) is 0 Å².